The number of nitrogens with zero attached hydrogens (tertiary/aromatic N) is 20. The normalized spacial score (nSPS) is 16.0. The first-order valence-electron chi connectivity index (χ1n) is 48.6. The Morgan fingerprint density at radius 3 is 0.868 bits per heavy atom. The minimum atomic E-state index is -0.581. The van der Waals surface area contributed by atoms with Gasteiger partial charge in [-0.25, -0.2) is 60.0 Å². The molecule has 0 saturated heterocycles. The lowest BCUT2D eigenvalue weighted by molar-refractivity contribution is 0.583. The van der Waals surface area contributed by atoms with Crippen molar-refractivity contribution in [2.75, 3.05) is 119 Å². The zero-order valence-corrected chi connectivity index (χ0v) is 82.9. The van der Waals surface area contributed by atoms with E-state index in [2.05, 4.69) is 227 Å². The molecule has 5 fully saturated rings. The molecule has 0 radical (unpaired) electrons. The highest BCUT2D eigenvalue weighted by Crippen LogP contribution is 2.53. The van der Waals surface area contributed by atoms with Gasteiger partial charge in [-0.05, 0) is 207 Å². The van der Waals surface area contributed by atoms with Crippen molar-refractivity contribution in [1.29, 1.82) is 0 Å². The standard InChI is InChI=1S/C23H23ClN4.4C23H22F2N4/c1-15-26(2)20-11-8-16(12-21(20)27(15)3)13-28-14-25-22(23(28)17-9-10-17)18-6-4-5-7-19(18)24;1-14-27(2)20-9-4-15(10-21(20)28(14)3)12-29-13-26-22(23(29)16-5-6-16)18-8-7-17(24)11-19(18)25;1-14-27(2)20-9-4-15(10-21(20)28(14)3)12-29-13-26-22(16-5-6-16)23(29)18-8-7-17(24)11-19(18)25;1-14-27(2)20-7-4-15(8-21(20)28(14)3)12-29-13-26-22(23(29)16-5-6-16)17-9-18(24)11-19(25)10-17;1-14-27(2)20-7-4-15(8-21(20)28(14)3)12-29-13-26-22(16-5-6-16)23(29)17-9-18(24)11-19(25)10-17/h4-8,11-12,14,17H,1,9-10,13H2,2-3H3;4*4,7-11,13,16H,1,5-6,12H2,2-3H3. The van der Waals surface area contributed by atoms with E-state index in [1.807, 2.05) is 90.0 Å². The van der Waals surface area contributed by atoms with Gasteiger partial charge in [-0.2, -0.15) is 0 Å². The van der Waals surface area contributed by atoms with Gasteiger partial charge in [0.25, 0.3) is 0 Å². The number of anilines is 10. The van der Waals surface area contributed by atoms with E-state index in [0.29, 0.717) is 89.4 Å². The summed E-state index contributed by atoms with van der Waals surface area (Å²) < 4.78 is 122. The highest BCUT2D eigenvalue weighted by atomic mass is 35.5. The van der Waals surface area contributed by atoms with E-state index in [-0.39, 0.29) is 0 Å². The van der Waals surface area contributed by atoms with Crippen LogP contribution in [0.3, 0.4) is 0 Å². The summed E-state index contributed by atoms with van der Waals surface area (Å²) in [6, 6.07) is 54.7. The molecule has 29 heteroatoms. The highest BCUT2D eigenvalue weighted by molar-refractivity contribution is 6.33. The van der Waals surface area contributed by atoms with E-state index in [9.17, 15) is 35.1 Å². The van der Waals surface area contributed by atoms with Crippen LogP contribution >= 0.6 is 11.6 Å². The Morgan fingerprint density at radius 2 is 0.535 bits per heavy atom. The minimum Gasteiger partial charge on any atom is -0.330 e. The Labute approximate surface area is 838 Å². The van der Waals surface area contributed by atoms with Crippen molar-refractivity contribution in [3.8, 4) is 56.3 Å². The third kappa shape index (κ3) is 18.3. The second kappa shape index (κ2) is 37.8. The van der Waals surface area contributed by atoms with E-state index >= 15 is 0 Å². The predicted octanol–water partition coefficient (Wildman–Crippen LogP) is 25.9. The molecule has 10 heterocycles. The molecular formula is C115H111ClF8N20. The van der Waals surface area contributed by atoms with Gasteiger partial charge >= 0.3 is 0 Å². The Bertz CT molecular complexity index is 7630. The zero-order chi connectivity index (χ0) is 101. The molecule has 10 aliphatic rings. The van der Waals surface area contributed by atoms with Crippen LogP contribution in [0.5, 0.6) is 0 Å². The summed E-state index contributed by atoms with van der Waals surface area (Å²) in [5, 5.41) is 0.760. The van der Waals surface area contributed by atoms with Crippen LogP contribution in [0.25, 0.3) is 56.3 Å². The maximum Gasteiger partial charge on any atom is 0.135 e. The van der Waals surface area contributed by atoms with Crippen LogP contribution < -0.4 is 49.0 Å². The molecule has 144 heavy (non-hydrogen) atoms. The number of hydrogen-bond donors (Lipinski definition) is 0. The van der Waals surface area contributed by atoms with Crippen LogP contribution in [0.1, 0.15) is 150 Å². The second-order valence-corrected chi connectivity index (χ2v) is 39.6. The van der Waals surface area contributed by atoms with Crippen molar-refractivity contribution in [2.45, 2.75) is 127 Å². The first-order valence-corrected chi connectivity index (χ1v) is 48.9. The first-order chi connectivity index (χ1) is 69.3. The molecule has 25 rings (SSSR count). The Kier molecular flexibility index (Phi) is 24.9. The third-order valence-electron chi connectivity index (χ3n) is 29.4. The van der Waals surface area contributed by atoms with E-state index in [1.54, 1.807) is 25.3 Å². The highest BCUT2D eigenvalue weighted by Gasteiger charge is 2.39. The number of rotatable bonds is 20. The molecule has 0 unspecified atom stereocenters. The van der Waals surface area contributed by atoms with Crippen molar-refractivity contribution >= 4 is 68.5 Å². The molecule has 734 valence electrons. The predicted molar refractivity (Wildman–Crippen MR) is 560 cm³/mol. The van der Waals surface area contributed by atoms with Gasteiger partial charge in [0.15, 0.2) is 0 Å². The average molecular weight is 1960 g/mol. The topological polar surface area (TPSA) is 121 Å². The molecule has 5 aromatic heterocycles. The molecule has 15 aromatic rings. The van der Waals surface area contributed by atoms with Crippen molar-refractivity contribution in [3.63, 3.8) is 0 Å². The molecule has 5 aliphatic carbocycles. The fourth-order valence-electron chi connectivity index (χ4n) is 20.5. The van der Waals surface area contributed by atoms with Crippen molar-refractivity contribution in [3.05, 3.63) is 390 Å². The van der Waals surface area contributed by atoms with Crippen LogP contribution in [0.15, 0.2) is 282 Å². The summed E-state index contributed by atoms with van der Waals surface area (Å²) in [5.41, 5.74) is 29.0. The Morgan fingerprint density at radius 1 is 0.257 bits per heavy atom. The molecule has 0 N–H and O–H groups in total. The van der Waals surface area contributed by atoms with Gasteiger partial charge in [-0.15, -0.1) is 0 Å². The Balaban J connectivity index is 0.000000106. The van der Waals surface area contributed by atoms with Crippen molar-refractivity contribution in [1.82, 2.24) is 47.8 Å². The lowest BCUT2D eigenvalue weighted by atomic mass is 10.1. The zero-order valence-electron chi connectivity index (χ0n) is 82.2. The number of halogens is 9. The number of aromatic nitrogens is 10. The third-order valence-corrected chi connectivity index (χ3v) is 29.7. The smallest absolute Gasteiger partial charge is 0.135 e. The van der Waals surface area contributed by atoms with Gasteiger partial charge in [-0.1, -0.05) is 93.0 Å². The summed E-state index contributed by atoms with van der Waals surface area (Å²) in [4.78, 5) is 43.8. The quantitative estimate of drug-likeness (QED) is 0.0673. The van der Waals surface area contributed by atoms with Crippen LogP contribution in [-0.4, -0.2) is 118 Å². The van der Waals surface area contributed by atoms with Crippen LogP contribution in [0.4, 0.5) is 92.0 Å². The summed E-state index contributed by atoms with van der Waals surface area (Å²) >= 11 is 6.46. The van der Waals surface area contributed by atoms with Crippen LogP contribution in [0, 0.1) is 46.5 Å². The lowest BCUT2D eigenvalue weighted by Crippen LogP contribution is -2.20. The molecule has 0 spiro atoms. The molecule has 0 bridgehead atoms. The van der Waals surface area contributed by atoms with E-state index < -0.39 is 46.5 Å². The van der Waals surface area contributed by atoms with Gasteiger partial charge < -0.3 is 71.8 Å². The van der Waals surface area contributed by atoms with Crippen LogP contribution in [-0.2, 0) is 32.7 Å². The van der Waals surface area contributed by atoms with Crippen molar-refractivity contribution in [2.24, 2.45) is 0 Å². The maximum atomic E-state index is 14.6. The summed E-state index contributed by atoms with van der Waals surface area (Å²) in [6.45, 7) is 23.9. The van der Waals surface area contributed by atoms with Gasteiger partial charge in [0.2, 0.25) is 0 Å². The fraction of sp³-hybridized carbons (Fsp3) is 0.261. The number of imidazole rings is 5. The number of fused-ring (bicyclic) bond motifs is 5. The molecule has 5 aliphatic heterocycles. The van der Waals surface area contributed by atoms with E-state index in [1.165, 1.54) is 84.0 Å². The number of hydrogen-bond acceptors (Lipinski definition) is 15. The van der Waals surface area contributed by atoms with E-state index in [4.69, 9.17) is 16.6 Å². The molecule has 10 aromatic carbocycles. The minimum absolute atomic E-state index is 0.360. The SMILES string of the molecule is C=C1N(C)c2ccc(Cn3cnc(-c4cc(F)cc(F)c4)c3C3CC3)cc2N1C.C=C1N(C)c2ccc(Cn3cnc(-c4ccc(F)cc4F)c3C3CC3)cc2N1C.C=C1N(C)c2ccc(Cn3cnc(-c4ccccc4Cl)c3C3CC3)cc2N1C.C=C1N(C)c2ccc(Cn3cnc(C4CC4)c3-c3cc(F)cc(F)c3)cc2N1C.C=C1N(C)c2ccc(Cn3cnc(C4CC4)c3-c3ccc(F)cc3F)cc2N1C. The fourth-order valence-corrected chi connectivity index (χ4v) is 20.7. The summed E-state index contributed by atoms with van der Waals surface area (Å²) in [6.07, 6.45) is 20.1. The number of benzene rings is 10. The first kappa shape index (κ1) is 94.9. The Hall–Kier alpha value is -15.3. The maximum absolute atomic E-state index is 14.6. The van der Waals surface area contributed by atoms with Gasteiger partial charge in [-0.3, -0.25) is 0 Å². The molecule has 5 saturated carbocycles. The second-order valence-electron chi connectivity index (χ2n) is 39.2. The molecule has 0 amide bonds. The molecule has 0 atom stereocenters. The monoisotopic (exact) mass is 1960 g/mol. The molecular weight excluding hydrogens is 1850 g/mol. The van der Waals surface area contributed by atoms with Gasteiger partial charge in [0, 0.05) is 202 Å². The largest absolute Gasteiger partial charge is 0.330 e. The summed E-state index contributed by atoms with van der Waals surface area (Å²) in [7, 11) is 20.2. The summed E-state index contributed by atoms with van der Waals surface area (Å²) in [5.74, 6) is 2.21. The van der Waals surface area contributed by atoms with E-state index in [0.717, 1.165) is 229 Å². The van der Waals surface area contributed by atoms with Crippen molar-refractivity contribution < 1.29 is 35.1 Å². The molecule has 20 nitrogen and oxygen atoms in total. The van der Waals surface area contributed by atoms with Gasteiger partial charge in [0.1, 0.15) is 75.6 Å². The lowest BCUT2D eigenvalue weighted by Gasteiger charge is -2.16. The average Bonchev–Trinajstić information content (AvgIpc) is 1.62. The van der Waals surface area contributed by atoms with Crippen LogP contribution in [0.2, 0.25) is 5.02 Å². The van der Waals surface area contributed by atoms with Gasteiger partial charge in [0.05, 0.1) is 133 Å².